The number of allylic oxidation sites excluding steroid dienone is 1. The molecule has 4 nitrogen and oxygen atoms in total. The summed E-state index contributed by atoms with van der Waals surface area (Å²) in [5.74, 6) is -0.178. The van der Waals surface area contributed by atoms with Crippen molar-refractivity contribution < 1.29 is 19.7 Å². The van der Waals surface area contributed by atoms with E-state index in [1.807, 2.05) is 6.07 Å². The molecular formula is C16H14O4. The molecular weight excluding hydrogens is 256 g/mol. The van der Waals surface area contributed by atoms with Crippen LogP contribution >= 0.6 is 0 Å². The number of ether oxygens (including phenoxy) is 1. The fraction of sp³-hybridized carbons (Fsp3) is 0.0625. The molecule has 102 valence electrons. The van der Waals surface area contributed by atoms with Gasteiger partial charge in [-0.1, -0.05) is 30.3 Å². The Morgan fingerprint density at radius 2 is 1.80 bits per heavy atom. The van der Waals surface area contributed by atoms with E-state index in [1.54, 1.807) is 24.3 Å². The smallest absolute Gasteiger partial charge is 0.185 e. The minimum atomic E-state index is -0.180. The van der Waals surface area contributed by atoms with Crippen molar-refractivity contribution in [2.45, 2.75) is 0 Å². The van der Waals surface area contributed by atoms with Crippen LogP contribution in [-0.2, 0) is 0 Å². The van der Waals surface area contributed by atoms with Gasteiger partial charge >= 0.3 is 0 Å². The Balaban J connectivity index is 2.24. The Morgan fingerprint density at radius 1 is 1.10 bits per heavy atom. The molecule has 0 spiro atoms. The Labute approximate surface area is 116 Å². The minimum absolute atomic E-state index is 0.0724. The second kappa shape index (κ2) is 5.93. The van der Waals surface area contributed by atoms with Gasteiger partial charge < -0.3 is 14.9 Å². The van der Waals surface area contributed by atoms with E-state index in [0.29, 0.717) is 11.1 Å². The van der Waals surface area contributed by atoms with Gasteiger partial charge in [-0.3, -0.25) is 4.79 Å². The standard InChI is InChI=1S/C16H14O4/c1-20-16-10-14(18)12(9-15(16)19)7-8-13(17)11-5-3-2-4-6-11/h2-10,18-19H,1H3. The van der Waals surface area contributed by atoms with Crippen molar-refractivity contribution in [2.75, 3.05) is 7.11 Å². The van der Waals surface area contributed by atoms with Crippen molar-refractivity contribution >= 4 is 11.9 Å². The Kier molecular flexibility index (Phi) is 4.05. The van der Waals surface area contributed by atoms with E-state index in [4.69, 9.17) is 4.74 Å². The number of methoxy groups -OCH3 is 1. The summed E-state index contributed by atoms with van der Waals surface area (Å²) in [6, 6.07) is 11.4. The number of carbonyl (C=O) groups excluding carboxylic acids is 1. The summed E-state index contributed by atoms with van der Waals surface area (Å²) < 4.78 is 4.87. The van der Waals surface area contributed by atoms with Crippen LogP contribution in [0, 0.1) is 0 Å². The van der Waals surface area contributed by atoms with Gasteiger partial charge in [0.05, 0.1) is 7.11 Å². The van der Waals surface area contributed by atoms with E-state index in [0.717, 1.165) is 0 Å². The average Bonchev–Trinajstić information content (AvgIpc) is 2.48. The highest BCUT2D eigenvalue weighted by atomic mass is 16.5. The molecule has 0 amide bonds. The molecule has 0 bridgehead atoms. The molecule has 4 heteroatoms. The molecule has 0 saturated heterocycles. The van der Waals surface area contributed by atoms with Gasteiger partial charge in [-0.25, -0.2) is 0 Å². The third-order valence-electron chi connectivity index (χ3n) is 2.80. The first-order valence-corrected chi connectivity index (χ1v) is 5.99. The molecule has 0 unspecified atom stereocenters. The van der Waals surface area contributed by atoms with Crippen molar-refractivity contribution in [1.29, 1.82) is 0 Å². The molecule has 0 aliphatic rings. The second-order valence-electron chi connectivity index (χ2n) is 4.15. The predicted molar refractivity (Wildman–Crippen MR) is 76.1 cm³/mol. The van der Waals surface area contributed by atoms with E-state index in [1.165, 1.54) is 31.4 Å². The second-order valence-corrected chi connectivity index (χ2v) is 4.15. The lowest BCUT2D eigenvalue weighted by atomic mass is 10.1. The van der Waals surface area contributed by atoms with Gasteiger partial charge in [-0.15, -0.1) is 0 Å². The number of benzene rings is 2. The number of hydrogen-bond donors (Lipinski definition) is 2. The fourth-order valence-electron chi connectivity index (χ4n) is 1.73. The molecule has 0 heterocycles. The van der Waals surface area contributed by atoms with Crippen LogP contribution in [0.4, 0.5) is 0 Å². The Hall–Kier alpha value is -2.75. The lowest BCUT2D eigenvalue weighted by Gasteiger charge is -2.06. The zero-order chi connectivity index (χ0) is 14.5. The van der Waals surface area contributed by atoms with Gasteiger partial charge in [0.25, 0.3) is 0 Å². The number of phenolic OH excluding ortho intramolecular Hbond substituents is 2. The van der Waals surface area contributed by atoms with Crippen molar-refractivity contribution in [3.8, 4) is 17.2 Å². The summed E-state index contributed by atoms with van der Waals surface area (Å²) in [5.41, 5.74) is 0.897. The zero-order valence-electron chi connectivity index (χ0n) is 10.9. The maximum atomic E-state index is 11.9. The Morgan fingerprint density at radius 3 is 2.45 bits per heavy atom. The van der Waals surface area contributed by atoms with E-state index in [-0.39, 0.29) is 23.0 Å². The zero-order valence-corrected chi connectivity index (χ0v) is 10.9. The number of aromatic hydroxyl groups is 2. The lowest BCUT2D eigenvalue weighted by molar-refractivity contribution is 0.104. The third-order valence-corrected chi connectivity index (χ3v) is 2.80. The van der Waals surface area contributed by atoms with Gasteiger partial charge in [-0.05, 0) is 18.2 Å². The highest BCUT2D eigenvalue weighted by molar-refractivity contribution is 6.06. The van der Waals surface area contributed by atoms with Crippen molar-refractivity contribution in [2.24, 2.45) is 0 Å². The van der Waals surface area contributed by atoms with Crippen LogP contribution in [0.25, 0.3) is 6.08 Å². The van der Waals surface area contributed by atoms with Crippen LogP contribution in [0.15, 0.2) is 48.5 Å². The van der Waals surface area contributed by atoms with E-state index >= 15 is 0 Å². The lowest BCUT2D eigenvalue weighted by Crippen LogP contribution is -1.93. The predicted octanol–water partition coefficient (Wildman–Crippen LogP) is 3.00. The number of rotatable bonds is 4. The average molecular weight is 270 g/mol. The van der Waals surface area contributed by atoms with Gasteiger partial charge in [0.2, 0.25) is 0 Å². The van der Waals surface area contributed by atoms with Crippen molar-refractivity contribution in [1.82, 2.24) is 0 Å². The Bertz CT molecular complexity index is 645. The molecule has 2 N–H and O–H groups in total. The monoisotopic (exact) mass is 270 g/mol. The largest absolute Gasteiger partial charge is 0.507 e. The molecule has 20 heavy (non-hydrogen) atoms. The summed E-state index contributed by atoms with van der Waals surface area (Å²) in [6.07, 6.45) is 2.79. The van der Waals surface area contributed by atoms with Crippen LogP contribution in [-0.4, -0.2) is 23.1 Å². The van der Waals surface area contributed by atoms with Crippen LogP contribution < -0.4 is 4.74 Å². The number of phenols is 2. The molecule has 2 aromatic rings. The van der Waals surface area contributed by atoms with Gasteiger partial charge in [0.15, 0.2) is 17.3 Å². The van der Waals surface area contributed by atoms with Gasteiger partial charge in [0, 0.05) is 17.2 Å². The van der Waals surface area contributed by atoms with Gasteiger partial charge in [-0.2, -0.15) is 0 Å². The molecule has 0 saturated carbocycles. The van der Waals surface area contributed by atoms with Crippen molar-refractivity contribution in [3.05, 3.63) is 59.7 Å². The molecule has 0 aromatic heterocycles. The topological polar surface area (TPSA) is 66.8 Å². The maximum absolute atomic E-state index is 11.9. The van der Waals surface area contributed by atoms with Crippen LogP contribution in [0.2, 0.25) is 0 Å². The molecule has 2 aromatic carbocycles. The number of hydrogen-bond acceptors (Lipinski definition) is 4. The van der Waals surface area contributed by atoms with E-state index < -0.39 is 0 Å². The van der Waals surface area contributed by atoms with Crippen molar-refractivity contribution in [3.63, 3.8) is 0 Å². The summed E-state index contributed by atoms with van der Waals surface area (Å²) in [6.45, 7) is 0. The molecule has 0 radical (unpaired) electrons. The third kappa shape index (κ3) is 2.98. The molecule has 0 fully saturated rings. The van der Waals surface area contributed by atoms with Crippen LogP contribution in [0.5, 0.6) is 17.2 Å². The first kappa shape index (κ1) is 13.7. The van der Waals surface area contributed by atoms with Crippen LogP contribution in [0.1, 0.15) is 15.9 Å². The summed E-state index contributed by atoms with van der Waals surface area (Å²) in [4.78, 5) is 11.9. The minimum Gasteiger partial charge on any atom is -0.507 e. The molecule has 0 atom stereocenters. The summed E-state index contributed by atoms with van der Waals surface area (Å²) in [5, 5.41) is 19.4. The molecule has 0 aliphatic heterocycles. The first-order chi connectivity index (χ1) is 9.61. The maximum Gasteiger partial charge on any atom is 0.185 e. The fourth-order valence-corrected chi connectivity index (χ4v) is 1.73. The summed E-state index contributed by atoms with van der Waals surface area (Å²) in [7, 11) is 1.39. The van der Waals surface area contributed by atoms with Gasteiger partial charge in [0.1, 0.15) is 5.75 Å². The highest BCUT2D eigenvalue weighted by Crippen LogP contribution is 2.33. The number of ketones is 1. The quantitative estimate of drug-likeness (QED) is 0.509. The van der Waals surface area contributed by atoms with E-state index in [2.05, 4.69) is 0 Å². The number of carbonyl (C=O) groups is 1. The normalized spacial score (nSPS) is 10.7. The summed E-state index contributed by atoms with van der Waals surface area (Å²) >= 11 is 0. The highest BCUT2D eigenvalue weighted by Gasteiger charge is 2.07. The SMILES string of the molecule is COc1cc(O)c(C=CC(=O)c2ccccc2)cc1O. The molecule has 0 aliphatic carbocycles. The first-order valence-electron chi connectivity index (χ1n) is 5.99. The van der Waals surface area contributed by atoms with Crippen LogP contribution in [0.3, 0.4) is 0 Å². The molecule has 2 rings (SSSR count). The van der Waals surface area contributed by atoms with E-state index in [9.17, 15) is 15.0 Å².